The second-order valence-electron chi connectivity index (χ2n) is 5.34. The summed E-state index contributed by atoms with van der Waals surface area (Å²) in [4.78, 5) is 3.32. The lowest BCUT2D eigenvalue weighted by Crippen LogP contribution is -2.46. The minimum atomic E-state index is -1.00. The Bertz CT molecular complexity index is 422. The minimum absolute atomic E-state index is 0.524. The van der Waals surface area contributed by atoms with Crippen LogP contribution in [0.4, 0.5) is 0 Å². The average molecular weight is 280 g/mol. The number of benzene rings is 1. The summed E-state index contributed by atoms with van der Waals surface area (Å²) in [6.07, 6.45) is 0. The summed E-state index contributed by atoms with van der Waals surface area (Å²) < 4.78 is 14.6. The van der Waals surface area contributed by atoms with Gasteiger partial charge in [0.05, 0.1) is 4.90 Å². The third kappa shape index (κ3) is 3.65. The molecule has 0 N–H and O–H groups in total. The average Bonchev–Trinajstić information content (AvgIpc) is 2.46. The van der Waals surface area contributed by atoms with Gasteiger partial charge in [-0.2, -0.15) is 0 Å². The number of hydrogen-bond donors (Lipinski definition) is 0. The highest BCUT2D eigenvalue weighted by atomic mass is 32.2. The largest absolute Gasteiger partial charge is 0.301 e. The first-order valence-electron chi connectivity index (χ1n) is 7.11. The van der Waals surface area contributed by atoms with E-state index in [2.05, 4.69) is 42.1 Å². The van der Waals surface area contributed by atoms with Gasteiger partial charge in [0.2, 0.25) is 0 Å². The number of likely N-dealkylation sites (N-methyl/N-ethyl adjacent to an activating group) is 1. The summed E-state index contributed by atoms with van der Waals surface area (Å²) in [5.74, 6) is 0.524. The molecule has 0 bridgehead atoms. The van der Waals surface area contributed by atoms with Crippen LogP contribution in [0.5, 0.6) is 0 Å². The zero-order valence-corrected chi connectivity index (χ0v) is 12.9. The standard InChI is InChI=1S/C15H24N2OS/c1-4-16-9-11-17(12-10-16)19(18)15-7-5-14(6-8-15)13(2)3/h5-8,13H,4,9-12H2,1-3H3. The van der Waals surface area contributed by atoms with Gasteiger partial charge in [-0.1, -0.05) is 32.9 Å². The molecule has 0 amide bonds. The fraction of sp³-hybridized carbons (Fsp3) is 0.600. The summed E-state index contributed by atoms with van der Waals surface area (Å²) in [7, 11) is -1.00. The van der Waals surface area contributed by atoms with Crippen molar-refractivity contribution >= 4 is 11.0 Å². The molecule has 0 aromatic heterocycles. The van der Waals surface area contributed by atoms with Crippen LogP contribution < -0.4 is 0 Å². The van der Waals surface area contributed by atoms with Crippen molar-refractivity contribution in [3.05, 3.63) is 29.8 Å². The first-order chi connectivity index (χ1) is 9.11. The van der Waals surface area contributed by atoms with Crippen LogP contribution in [0.3, 0.4) is 0 Å². The Labute approximate surface area is 119 Å². The maximum Gasteiger partial charge on any atom is 0.127 e. The zero-order chi connectivity index (χ0) is 13.8. The summed E-state index contributed by atoms with van der Waals surface area (Å²) in [6, 6.07) is 8.22. The van der Waals surface area contributed by atoms with Crippen molar-refractivity contribution in [1.82, 2.24) is 9.21 Å². The normalized spacial score (nSPS) is 19.8. The molecule has 1 fully saturated rings. The number of hydrogen-bond acceptors (Lipinski definition) is 2. The van der Waals surface area contributed by atoms with E-state index >= 15 is 0 Å². The van der Waals surface area contributed by atoms with E-state index in [0.717, 1.165) is 37.6 Å². The van der Waals surface area contributed by atoms with Gasteiger partial charge in [-0.25, -0.2) is 8.51 Å². The minimum Gasteiger partial charge on any atom is -0.301 e. The van der Waals surface area contributed by atoms with E-state index in [4.69, 9.17) is 0 Å². The molecule has 19 heavy (non-hydrogen) atoms. The Morgan fingerprint density at radius 2 is 1.68 bits per heavy atom. The molecule has 1 aromatic carbocycles. The van der Waals surface area contributed by atoms with Crippen LogP contribution in [0.2, 0.25) is 0 Å². The molecule has 4 heteroatoms. The van der Waals surface area contributed by atoms with Gasteiger partial charge in [0.15, 0.2) is 0 Å². The van der Waals surface area contributed by atoms with Crippen molar-refractivity contribution in [2.75, 3.05) is 32.7 Å². The monoisotopic (exact) mass is 280 g/mol. The molecule has 1 heterocycles. The van der Waals surface area contributed by atoms with Crippen molar-refractivity contribution in [3.8, 4) is 0 Å². The van der Waals surface area contributed by atoms with Gasteiger partial charge in [-0.15, -0.1) is 0 Å². The fourth-order valence-corrected chi connectivity index (χ4v) is 3.49. The summed E-state index contributed by atoms with van der Waals surface area (Å²) >= 11 is 0. The van der Waals surface area contributed by atoms with Crippen molar-refractivity contribution in [1.29, 1.82) is 0 Å². The SMILES string of the molecule is CCN1CCN(S(=O)c2ccc(C(C)C)cc2)CC1. The molecule has 1 aromatic rings. The molecule has 1 atom stereocenters. The van der Waals surface area contributed by atoms with Crippen LogP contribution in [0.25, 0.3) is 0 Å². The molecule has 1 unspecified atom stereocenters. The number of nitrogens with zero attached hydrogens (tertiary/aromatic N) is 2. The smallest absolute Gasteiger partial charge is 0.127 e. The molecule has 3 nitrogen and oxygen atoms in total. The van der Waals surface area contributed by atoms with E-state index in [1.165, 1.54) is 5.56 Å². The van der Waals surface area contributed by atoms with Gasteiger partial charge in [-0.3, -0.25) is 0 Å². The lowest BCUT2D eigenvalue weighted by Gasteiger charge is -2.32. The first kappa shape index (κ1) is 14.7. The van der Waals surface area contributed by atoms with E-state index in [0.29, 0.717) is 5.92 Å². The Hall–Kier alpha value is -0.710. The van der Waals surface area contributed by atoms with Crippen LogP contribution in [0, 0.1) is 0 Å². The second kappa shape index (κ2) is 6.64. The Kier molecular flexibility index (Phi) is 5.13. The first-order valence-corrected chi connectivity index (χ1v) is 8.21. The van der Waals surface area contributed by atoms with Crippen molar-refractivity contribution < 1.29 is 4.21 Å². The molecular weight excluding hydrogens is 256 g/mol. The second-order valence-corrected chi connectivity index (χ2v) is 6.82. The highest BCUT2D eigenvalue weighted by Crippen LogP contribution is 2.18. The highest BCUT2D eigenvalue weighted by Gasteiger charge is 2.21. The third-order valence-electron chi connectivity index (χ3n) is 3.76. The molecule has 0 radical (unpaired) electrons. The summed E-state index contributed by atoms with van der Waals surface area (Å²) in [5, 5.41) is 0. The molecule has 1 aliphatic rings. The van der Waals surface area contributed by atoms with Gasteiger partial charge < -0.3 is 4.90 Å². The van der Waals surface area contributed by atoms with E-state index < -0.39 is 11.0 Å². The predicted octanol–water partition coefficient (Wildman–Crippen LogP) is 2.47. The Balaban J connectivity index is 2.00. The number of rotatable bonds is 4. The lowest BCUT2D eigenvalue weighted by atomic mass is 10.0. The van der Waals surface area contributed by atoms with Gasteiger partial charge in [0.25, 0.3) is 0 Å². The molecule has 0 spiro atoms. The molecule has 1 aliphatic heterocycles. The van der Waals surface area contributed by atoms with Crippen LogP contribution in [-0.2, 0) is 11.0 Å². The van der Waals surface area contributed by atoms with E-state index in [1.54, 1.807) is 0 Å². The maximum atomic E-state index is 12.5. The molecule has 106 valence electrons. The highest BCUT2D eigenvalue weighted by molar-refractivity contribution is 7.82. The quantitative estimate of drug-likeness (QED) is 0.846. The van der Waals surface area contributed by atoms with Gasteiger partial charge in [-0.05, 0) is 30.2 Å². The van der Waals surface area contributed by atoms with E-state index in [9.17, 15) is 4.21 Å². The van der Waals surface area contributed by atoms with Crippen molar-refractivity contribution in [2.45, 2.75) is 31.6 Å². The molecule has 1 saturated heterocycles. The van der Waals surface area contributed by atoms with Crippen molar-refractivity contribution in [2.24, 2.45) is 0 Å². The Morgan fingerprint density at radius 3 is 2.16 bits per heavy atom. The summed E-state index contributed by atoms with van der Waals surface area (Å²) in [5.41, 5.74) is 1.30. The molecule has 0 aliphatic carbocycles. The van der Waals surface area contributed by atoms with Crippen LogP contribution >= 0.6 is 0 Å². The predicted molar refractivity (Wildman–Crippen MR) is 80.6 cm³/mol. The Morgan fingerprint density at radius 1 is 1.11 bits per heavy atom. The van der Waals surface area contributed by atoms with Gasteiger partial charge in [0, 0.05) is 26.2 Å². The third-order valence-corrected chi connectivity index (χ3v) is 5.27. The maximum absolute atomic E-state index is 12.5. The van der Waals surface area contributed by atoms with Crippen LogP contribution in [0.1, 0.15) is 32.3 Å². The topological polar surface area (TPSA) is 23.6 Å². The van der Waals surface area contributed by atoms with Gasteiger partial charge in [0.1, 0.15) is 11.0 Å². The summed E-state index contributed by atoms with van der Waals surface area (Å²) in [6.45, 7) is 11.4. The van der Waals surface area contributed by atoms with E-state index in [-0.39, 0.29) is 0 Å². The van der Waals surface area contributed by atoms with Crippen LogP contribution in [0.15, 0.2) is 29.2 Å². The zero-order valence-electron chi connectivity index (χ0n) is 12.1. The number of piperazine rings is 1. The van der Waals surface area contributed by atoms with E-state index in [1.807, 2.05) is 12.1 Å². The molecular formula is C15H24N2OS. The van der Waals surface area contributed by atoms with Crippen molar-refractivity contribution in [3.63, 3.8) is 0 Å². The van der Waals surface area contributed by atoms with Crippen LogP contribution in [-0.4, -0.2) is 46.1 Å². The molecule has 0 saturated carbocycles. The fourth-order valence-electron chi connectivity index (χ4n) is 2.33. The molecule has 2 rings (SSSR count). The lowest BCUT2D eigenvalue weighted by molar-refractivity contribution is 0.201. The van der Waals surface area contributed by atoms with Gasteiger partial charge >= 0.3 is 0 Å².